The summed E-state index contributed by atoms with van der Waals surface area (Å²) in [6, 6.07) is 4.66. The van der Waals surface area contributed by atoms with E-state index >= 15 is 0 Å². The molecule has 1 aromatic carbocycles. The van der Waals surface area contributed by atoms with Crippen molar-refractivity contribution in [3.63, 3.8) is 0 Å². The zero-order chi connectivity index (χ0) is 20.0. The number of carbonyl (C=O) groups is 3. The minimum atomic E-state index is -2.96. The Kier molecular flexibility index (Phi) is 6.67. The Hall–Kier alpha value is -2.75. The third-order valence-corrected chi connectivity index (χ3v) is 4.08. The molecule has 1 fully saturated rings. The molecule has 1 aliphatic heterocycles. The van der Waals surface area contributed by atoms with Crippen LogP contribution in [0.1, 0.15) is 18.9 Å². The molecule has 1 aromatic rings. The summed E-state index contributed by atoms with van der Waals surface area (Å²) in [5.74, 6) is -1.15. The third-order valence-electron chi connectivity index (χ3n) is 4.08. The number of ether oxygens (including phenoxy) is 2. The fourth-order valence-corrected chi connectivity index (χ4v) is 2.65. The average Bonchev–Trinajstić information content (AvgIpc) is 2.83. The number of rotatable bonds is 9. The number of benzene rings is 1. The second-order valence-corrected chi connectivity index (χ2v) is 6.05. The van der Waals surface area contributed by atoms with Gasteiger partial charge in [0.2, 0.25) is 5.91 Å². The number of halogens is 2. The van der Waals surface area contributed by atoms with Crippen LogP contribution in [0.2, 0.25) is 0 Å². The number of imide groups is 1. The number of amides is 4. The van der Waals surface area contributed by atoms with Crippen molar-refractivity contribution >= 4 is 17.8 Å². The van der Waals surface area contributed by atoms with Gasteiger partial charge in [-0.2, -0.15) is 8.78 Å². The molecular formula is C17H21F2N3O5. The first-order chi connectivity index (χ1) is 12.8. The summed E-state index contributed by atoms with van der Waals surface area (Å²) in [4.78, 5) is 37.6. The molecule has 8 nitrogen and oxygen atoms in total. The molecule has 148 valence electrons. The maximum Gasteiger partial charge on any atom is 0.387 e. The van der Waals surface area contributed by atoms with Gasteiger partial charge >= 0.3 is 12.6 Å². The van der Waals surface area contributed by atoms with Gasteiger partial charge in [-0.1, -0.05) is 12.1 Å². The summed E-state index contributed by atoms with van der Waals surface area (Å²) < 4.78 is 33.6. The summed E-state index contributed by atoms with van der Waals surface area (Å²) in [5.41, 5.74) is -1.03. The van der Waals surface area contributed by atoms with Crippen LogP contribution in [0.5, 0.6) is 5.75 Å². The van der Waals surface area contributed by atoms with Gasteiger partial charge in [0.25, 0.3) is 5.91 Å². The molecule has 1 saturated heterocycles. The van der Waals surface area contributed by atoms with Crippen LogP contribution in [-0.4, -0.2) is 56.2 Å². The van der Waals surface area contributed by atoms with Crippen LogP contribution in [0.4, 0.5) is 13.6 Å². The summed E-state index contributed by atoms with van der Waals surface area (Å²) in [5, 5.41) is 5.13. The molecular weight excluding hydrogens is 364 g/mol. The van der Waals surface area contributed by atoms with E-state index in [0.717, 1.165) is 4.90 Å². The van der Waals surface area contributed by atoms with Crippen LogP contribution in [-0.2, 0) is 19.9 Å². The number of nitrogens with zero attached hydrogens (tertiary/aromatic N) is 1. The second-order valence-electron chi connectivity index (χ2n) is 6.05. The van der Waals surface area contributed by atoms with E-state index in [-0.39, 0.29) is 5.75 Å². The van der Waals surface area contributed by atoms with E-state index in [1.807, 2.05) is 0 Å². The zero-order valence-electron chi connectivity index (χ0n) is 15.0. The molecule has 2 N–H and O–H groups in total. The standard InChI is InChI=1S/C17H21F2N3O5/c1-17(11-4-6-12(7-5-11)27-15(18)19)14(24)22(16(25)21-17)10-13(23)20-8-3-9-26-2/h4-7,15H,3,8-10H2,1-2H3,(H,20,23)(H,21,25)/t17-/m0/s1. The van der Waals surface area contributed by atoms with Crippen LogP contribution < -0.4 is 15.4 Å². The van der Waals surface area contributed by atoms with Gasteiger partial charge in [0.15, 0.2) is 0 Å². The first-order valence-corrected chi connectivity index (χ1v) is 8.23. The van der Waals surface area contributed by atoms with E-state index in [4.69, 9.17) is 4.74 Å². The molecule has 10 heteroatoms. The van der Waals surface area contributed by atoms with Crippen molar-refractivity contribution in [2.24, 2.45) is 0 Å². The molecule has 4 amide bonds. The van der Waals surface area contributed by atoms with Gasteiger partial charge in [-0.3, -0.25) is 14.5 Å². The van der Waals surface area contributed by atoms with E-state index in [9.17, 15) is 23.2 Å². The van der Waals surface area contributed by atoms with Gasteiger partial charge in [-0.25, -0.2) is 4.79 Å². The van der Waals surface area contributed by atoms with Crippen LogP contribution in [0.25, 0.3) is 0 Å². The highest BCUT2D eigenvalue weighted by atomic mass is 19.3. The smallest absolute Gasteiger partial charge is 0.387 e. The molecule has 1 heterocycles. The Balaban J connectivity index is 2.04. The quantitative estimate of drug-likeness (QED) is 0.492. The minimum Gasteiger partial charge on any atom is -0.435 e. The minimum absolute atomic E-state index is 0.0681. The van der Waals surface area contributed by atoms with Crippen molar-refractivity contribution in [1.29, 1.82) is 0 Å². The maximum absolute atomic E-state index is 12.7. The van der Waals surface area contributed by atoms with Crippen molar-refractivity contribution in [2.75, 3.05) is 26.8 Å². The summed E-state index contributed by atoms with van der Waals surface area (Å²) >= 11 is 0. The second kappa shape index (κ2) is 8.76. The Labute approximate surface area is 154 Å². The van der Waals surface area contributed by atoms with Crippen molar-refractivity contribution in [3.8, 4) is 5.75 Å². The number of urea groups is 1. The van der Waals surface area contributed by atoms with E-state index in [0.29, 0.717) is 25.1 Å². The first-order valence-electron chi connectivity index (χ1n) is 8.23. The van der Waals surface area contributed by atoms with E-state index in [2.05, 4.69) is 15.4 Å². The van der Waals surface area contributed by atoms with Gasteiger partial charge in [-0.15, -0.1) is 0 Å². The Morgan fingerprint density at radius 2 is 1.96 bits per heavy atom. The van der Waals surface area contributed by atoms with Crippen molar-refractivity contribution in [3.05, 3.63) is 29.8 Å². The number of carbonyl (C=O) groups excluding carboxylic acids is 3. The Morgan fingerprint density at radius 1 is 1.30 bits per heavy atom. The molecule has 1 aliphatic rings. The van der Waals surface area contributed by atoms with E-state index in [1.54, 1.807) is 7.11 Å². The summed E-state index contributed by atoms with van der Waals surface area (Å²) in [6.45, 7) is -1.06. The fourth-order valence-electron chi connectivity index (χ4n) is 2.65. The lowest BCUT2D eigenvalue weighted by molar-refractivity contribution is -0.134. The van der Waals surface area contributed by atoms with E-state index in [1.165, 1.54) is 31.2 Å². The number of alkyl halides is 2. The van der Waals surface area contributed by atoms with Crippen molar-refractivity contribution in [2.45, 2.75) is 25.5 Å². The highest BCUT2D eigenvalue weighted by molar-refractivity contribution is 6.09. The normalized spacial score (nSPS) is 19.4. The van der Waals surface area contributed by atoms with Crippen LogP contribution in [0.3, 0.4) is 0 Å². The lowest BCUT2D eigenvalue weighted by atomic mass is 9.92. The fraction of sp³-hybridized carbons (Fsp3) is 0.471. The van der Waals surface area contributed by atoms with Gasteiger partial charge in [0, 0.05) is 20.3 Å². The molecule has 0 aromatic heterocycles. The summed E-state index contributed by atoms with van der Waals surface area (Å²) in [6.07, 6.45) is 0.604. The number of hydrogen-bond acceptors (Lipinski definition) is 5. The highest BCUT2D eigenvalue weighted by Gasteiger charge is 2.49. The zero-order valence-corrected chi connectivity index (χ0v) is 15.0. The predicted octanol–water partition coefficient (Wildman–Crippen LogP) is 1.21. The number of methoxy groups -OCH3 is 1. The predicted molar refractivity (Wildman–Crippen MR) is 90.2 cm³/mol. The van der Waals surface area contributed by atoms with Gasteiger partial charge in [0.05, 0.1) is 0 Å². The molecule has 1 atom stereocenters. The van der Waals surface area contributed by atoms with Crippen LogP contribution >= 0.6 is 0 Å². The lowest BCUT2D eigenvalue weighted by Gasteiger charge is -2.22. The van der Waals surface area contributed by atoms with Gasteiger partial charge in [-0.05, 0) is 31.0 Å². The van der Waals surface area contributed by atoms with Crippen LogP contribution in [0.15, 0.2) is 24.3 Å². The van der Waals surface area contributed by atoms with E-state index < -0.39 is 36.5 Å². The topological polar surface area (TPSA) is 97.0 Å². The Bertz CT molecular complexity index is 698. The largest absolute Gasteiger partial charge is 0.435 e. The molecule has 0 spiro atoms. The molecule has 27 heavy (non-hydrogen) atoms. The van der Waals surface area contributed by atoms with Crippen LogP contribution in [0, 0.1) is 0 Å². The monoisotopic (exact) mass is 385 g/mol. The average molecular weight is 385 g/mol. The first kappa shape index (κ1) is 20.6. The molecule has 2 rings (SSSR count). The SMILES string of the molecule is COCCCNC(=O)CN1C(=O)N[C@@](C)(c2ccc(OC(F)F)cc2)C1=O. The number of nitrogens with one attached hydrogen (secondary N) is 2. The van der Waals surface area contributed by atoms with Crippen molar-refractivity contribution in [1.82, 2.24) is 15.5 Å². The molecule has 0 radical (unpaired) electrons. The van der Waals surface area contributed by atoms with Gasteiger partial charge < -0.3 is 20.1 Å². The molecule has 0 aliphatic carbocycles. The highest BCUT2D eigenvalue weighted by Crippen LogP contribution is 2.30. The lowest BCUT2D eigenvalue weighted by Crippen LogP contribution is -2.43. The summed E-state index contributed by atoms with van der Waals surface area (Å²) in [7, 11) is 1.54. The third kappa shape index (κ3) is 4.91. The van der Waals surface area contributed by atoms with Crippen molar-refractivity contribution < 1.29 is 32.6 Å². The molecule has 0 saturated carbocycles. The van der Waals surface area contributed by atoms with Gasteiger partial charge in [0.1, 0.15) is 17.8 Å². The number of hydrogen-bond donors (Lipinski definition) is 2. The molecule has 0 bridgehead atoms. The maximum atomic E-state index is 12.7. The molecule has 0 unspecified atom stereocenters. The Morgan fingerprint density at radius 3 is 2.56 bits per heavy atom.